The van der Waals surface area contributed by atoms with Crippen molar-refractivity contribution in [2.75, 3.05) is 19.0 Å². The monoisotopic (exact) mass is 417 g/mol. The van der Waals surface area contributed by atoms with Crippen LogP contribution in [0.4, 0.5) is 22.2 Å². The lowest BCUT2D eigenvalue weighted by Crippen LogP contribution is -2.07. The minimum atomic E-state index is -3.93. The van der Waals surface area contributed by atoms with Crippen LogP contribution in [0.15, 0.2) is 74.1 Å². The third kappa shape index (κ3) is 4.21. The van der Waals surface area contributed by atoms with E-state index in [0.717, 1.165) is 11.1 Å². The van der Waals surface area contributed by atoms with Gasteiger partial charge in [0.05, 0.1) is 21.7 Å². The Morgan fingerprint density at radius 2 is 1.54 bits per heavy atom. The van der Waals surface area contributed by atoms with E-state index < -0.39 is 19.9 Å². The molecule has 0 aliphatic carbocycles. The Hall–Kier alpha value is -3.18. The first kappa shape index (κ1) is 19.6. The Balaban J connectivity index is 1.77. The molecule has 0 spiro atoms. The second-order valence-corrected chi connectivity index (χ2v) is 8.57. The van der Waals surface area contributed by atoms with E-state index in [1.54, 1.807) is 0 Å². The Morgan fingerprint density at radius 3 is 2.00 bits per heavy atom. The van der Waals surface area contributed by atoms with Crippen LogP contribution in [0.1, 0.15) is 0 Å². The fraction of sp³-hybridized carbons (Fsp3) is 0.118. The van der Waals surface area contributed by atoms with Crippen LogP contribution >= 0.6 is 11.3 Å². The molecule has 0 bridgehead atoms. The summed E-state index contributed by atoms with van der Waals surface area (Å²) in [7, 11) is -0.0497. The van der Waals surface area contributed by atoms with Crippen molar-refractivity contribution < 1.29 is 13.3 Å². The van der Waals surface area contributed by atoms with Gasteiger partial charge in [-0.1, -0.05) is 0 Å². The molecule has 11 heteroatoms. The summed E-state index contributed by atoms with van der Waals surface area (Å²) in [6, 6.07) is 13.2. The summed E-state index contributed by atoms with van der Waals surface area (Å²) in [4.78, 5) is 15.5. The summed E-state index contributed by atoms with van der Waals surface area (Å²) in [6.45, 7) is 0. The smallest absolute Gasteiger partial charge is 0.378 e. The lowest BCUT2D eigenvalue weighted by molar-refractivity contribution is -0.384. The molecule has 9 nitrogen and oxygen atoms in total. The number of anilines is 1. The number of nitrogens with zero attached hydrogens (tertiary/aromatic N) is 5. The number of thiazole rings is 1. The summed E-state index contributed by atoms with van der Waals surface area (Å²) >= 11 is 0.665. The number of hydrogen-bond acceptors (Lipinski definition) is 9. The van der Waals surface area contributed by atoms with Gasteiger partial charge in [0.1, 0.15) is 0 Å². The number of rotatable bonds is 6. The van der Waals surface area contributed by atoms with Gasteiger partial charge >= 0.3 is 5.13 Å². The van der Waals surface area contributed by atoms with Crippen LogP contribution in [0.25, 0.3) is 0 Å². The predicted octanol–water partition coefficient (Wildman–Crippen LogP) is 4.37. The molecule has 1 heterocycles. The second kappa shape index (κ2) is 7.82. The van der Waals surface area contributed by atoms with Crippen LogP contribution in [-0.4, -0.2) is 32.4 Å². The highest BCUT2D eigenvalue weighted by atomic mass is 32.2. The molecule has 0 aliphatic rings. The van der Waals surface area contributed by atoms with Gasteiger partial charge in [0.2, 0.25) is 9.84 Å². The Morgan fingerprint density at radius 1 is 1.00 bits per heavy atom. The molecule has 3 aromatic rings. The molecule has 2 aromatic carbocycles. The molecule has 0 radical (unpaired) electrons. The van der Waals surface area contributed by atoms with Gasteiger partial charge in [-0.15, -0.1) is 0 Å². The third-order valence-corrected chi connectivity index (χ3v) is 6.29. The van der Waals surface area contributed by atoms with Crippen LogP contribution in [0, 0.1) is 10.1 Å². The molecular formula is C17H15N5O4S2. The van der Waals surface area contributed by atoms with Crippen molar-refractivity contribution in [3.05, 3.63) is 64.0 Å². The number of sulfone groups is 1. The van der Waals surface area contributed by atoms with E-state index >= 15 is 0 Å². The molecule has 0 saturated carbocycles. The van der Waals surface area contributed by atoms with E-state index in [1.165, 1.54) is 24.3 Å². The number of benzene rings is 2. The van der Waals surface area contributed by atoms with Crippen LogP contribution in [-0.2, 0) is 9.84 Å². The molecule has 3 rings (SSSR count). The zero-order valence-corrected chi connectivity index (χ0v) is 16.5. The van der Waals surface area contributed by atoms with E-state index in [9.17, 15) is 18.5 Å². The highest BCUT2D eigenvalue weighted by Gasteiger charge is 2.27. The van der Waals surface area contributed by atoms with Crippen molar-refractivity contribution in [3.63, 3.8) is 0 Å². The van der Waals surface area contributed by atoms with Gasteiger partial charge in [0, 0.05) is 19.8 Å². The van der Waals surface area contributed by atoms with Gasteiger partial charge in [-0.2, -0.15) is 10.2 Å². The second-order valence-electron chi connectivity index (χ2n) is 5.83. The van der Waals surface area contributed by atoms with Crippen molar-refractivity contribution in [1.82, 2.24) is 4.98 Å². The van der Waals surface area contributed by atoms with Gasteiger partial charge in [-0.05, 0) is 69.8 Å². The maximum absolute atomic E-state index is 12.5. The van der Waals surface area contributed by atoms with Gasteiger partial charge < -0.3 is 15.0 Å². The molecule has 0 amide bonds. The van der Waals surface area contributed by atoms with Crippen LogP contribution in [0.5, 0.6) is 0 Å². The molecule has 0 fully saturated rings. The molecular weight excluding hydrogens is 402 g/mol. The Bertz CT molecular complexity index is 1120. The van der Waals surface area contributed by atoms with E-state index in [0.29, 0.717) is 22.7 Å². The average Bonchev–Trinajstić information content (AvgIpc) is 3.18. The standard InChI is InChI=1S/C17H15N5O4S2/c1-21(2)14-7-3-12(4-8-14)19-20-13-5-9-15(10-6-13)28(25,26)16-11-27-17(18-16)22(23)24/h3-11H,1-2H3. The van der Waals surface area contributed by atoms with Crippen molar-refractivity contribution in [2.45, 2.75) is 9.92 Å². The summed E-state index contributed by atoms with van der Waals surface area (Å²) in [5.74, 6) is 0. The SMILES string of the molecule is CN(C)c1ccc(N=Nc2ccc(S(=O)(=O)c3csc([N+](=O)[O-])n3)cc2)cc1. The molecule has 28 heavy (non-hydrogen) atoms. The van der Waals surface area contributed by atoms with Gasteiger partial charge in [-0.25, -0.2) is 8.42 Å². The van der Waals surface area contributed by atoms with E-state index in [-0.39, 0.29) is 9.92 Å². The number of aromatic nitrogens is 1. The zero-order valence-electron chi connectivity index (χ0n) is 14.9. The number of nitro groups is 1. The lowest BCUT2D eigenvalue weighted by Gasteiger charge is -2.11. The number of azo groups is 1. The van der Waals surface area contributed by atoms with E-state index in [4.69, 9.17) is 0 Å². The van der Waals surface area contributed by atoms with Crippen LogP contribution in [0.3, 0.4) is 0 Å². The Labute approximate surface area is 165 Å². The van der Waals surface area contributed by atoms with Crippen molar-refractivity contribution >= 4 is 43.4 Å². The third-order valence-electron chi connectivity index (χ3n) is 3.70. The highest BCUT2D eigenvalue weighted by molar-refractivity contribution is 7.91. The maximum Gasteiger partial charge on any atom is 0.424 e. The molecule has 1 aromatic heterocycles. The average molecular weight is 417 g/mol. The summed E-state index contributed by atoms with van der Waals surface area (Å²) in [5.41, 5.74) is 2.17. The highest BCUT2D eigenvalue weighted by Crippen LogP contribution is 2.28. The molecule has 144 valence electrons. The largest absolute Gasteiger partial charge is 0.424 e. The normalized spacial score (nSPS) is 11.6. The van der Waals surface area contributed by atoms with Crippen LogP contribution < -0.4 is 4.90 Å². The summed E-state index contributed by atoms with van der Waals surface area (Å²) < 4.78 is 25.0. The van der Waals surface area contributed by atoms with Gasteiger partial charge in [0.25, 0.3) is 5.03 Å². The minimum absolute atomic E-state index is 0.0259. The number of hydrogen-bond donors (Lipinski definition) is 0. The van der Waals surface area contributed by atoms with E-state index in [2.05, 4.69) is 15.2 Å². The van der Waals surface area contributed by atoms with Gasteiger partial charge in [0.15, 0.2) is 0 Å². The molecule has 0 atom stereocenters. The van der Waals surface area contributed by atoms with Crippen molar-refractivity contribution in [2.24, 2.45) is 10.2 Å². The first-order valence-electron chi connectivity index (χ1n) is 7.91. The topological polar surface area (TPSA) is 118 Å². The van der Waals surface area contributed by atoms with Crippen molar-refractivity contribution in [3.8, 4) is 0 Å². The first-order valence-corrected chi connectivity index (χ1v) is 10.3. The predicted molar refractivity (Wildman–Crippen MR) is 106 cm³/mol. The minimum Gasteiger partial charge on any atom is -0.378 e. The summed E-state index contributed by atoms with van der Waals surface area (Å²) in [5, 5.41) is 19.2. The van der Waals surface area contributed by atoms with Crippen LogP contribution in [0.2, 0.25) is 0 Å². The molecule has 0 unspecified atom stereocenters. The first-order chi connectivity index (χ1) is 13.3. The summed E-state index contributed by atoms with van der Waals surface area (Å²) in [6.07, 6.45) is 0. The lowest BCUT2D eigenvalue weighted by atomic mass is 10.3. The van der Waals surface area contributed by atoms with Gasteiger partial charge in [-0.3, -0.25) is 0 Å². The Kier molecular flexibility index (Phi) is 5.47. The van der Waals surface area contributed by atoms with E-state index in [1.807, 2.05) is 43.3 Å². The zero-order chi connectivity index (χ0) is 20.3. The maximum atomic E-state index is 12.5. The molecule has 0 N–H and O–H groups in total. The quantitative estimate of drug-likeness (QED) is 0.334. The molecule has 0 aliphatic heterocycles. The fourth-order valence-electron chi connectivity index (χ4n) is 2.20. The fourth-order valence-corrected chi connectivity index (χ4v) is 4.35. The van der Waals surface area contributed by atoms with Crippen molar-refractivity contribution in [1.29, 1.82) is 0 Å². The molecule has 0 saturated heterocycles.